The van der Waals surface area contributed by atoms with Gasteiger partial charge in [0.25, 0.3) is 0 Å². The highest BCUT2D eigenvalue weighted by Crippen LogP contribution is 2.21. The Morgan fingerprint density at radius 1 is 1.69 bits per heavy atom. The van der Waals surface area contributed by atoms with Gasteiger partial charge in [-0.1, -0.05) is 18.8 Å². The second-order valence-electron chi connectivity index (χ2n) is 3.69. The third-order valence-electron chi connectivity index (χ3n) is 2.35. The highest BCUT2D eigenvalue weighted by atomic mass is 32.1. The molecule has 16 heavy (non-hydrogen) atoms. The molecule has 0 radical (unpaired) electrons. The first-order valence-corrected chi connectivity index (χ1v) is 5.31. The highest BCUT2D eigenvalue weighted by molar-refractivity contribution is 7.80. The Balaban J connectivity index is 2.55. The van der Waals surface area contributed by atoms with Crippen molar-refractivity contribution in [3.8, 4) is 0 Å². The van der Waals surface area contributed by atoms with Crippen LogP contribution in [-0.2, 0) is 9.53 Å². The number of carbonyl (C=O) groups is 1. The molecule has 0 aromatic heterocycles. The summed E-state index contributed by atoms with van der Waals surface area (Å²) >= 11 is 5.00. The van der Waals surface area contributed by atoms with Crippen LogP contribution in [0, 0.1) is 0 Å². The first-order chi connectivity index (χ1) is 7.45. The van der Waals surface area contributed by atoms with Crippen LogP contribution < -0.4 is 5.32 Å². The van der Waals surface area contributed by atoms with Crippen LogP contribution in [0.25, 0.3) is 0 Å². The minimum absolute atomic E-state index is 0.160. The molecule has 3 N–H and O–H groups in total. The Morgan fingerprint density at radius 3 is 2.75 bits per heavy atom. The standard InChI is InChI=1S/C10H15NO4S/c1-5(6(2)13)11-10(16)9-8(14)3-7(4-12)15-9/h7-9,12,14H,1,3-4H2,2H3,(H,11,16)/t7-,8-,9?/m0/s1. The van der Waals surface area contributed by atoms with Gasteiger partial charge in [-0.05, 0) is 0 Å². The number of ether oxygens (including phenoxy) is 1. The molecule has 1 saturated heterocycles. The molecular weight excluding hydrogens is 230 g/mol. The maximum Gasteiger partial charge on any atom is 0.175 e. The lowest BCUT2D eigenvalue weighted by molar-refractivity contribution is -0.113. The number of hydrogen-bond acceptors (Lipinski definition) is 5. The molecule has 0 aromatic rings. The number of rotatable bonds is 4. The lowest BCUT2D eigenvalue weighted by Gasteiger charge is -2.17. The summed E-state index contributed by atoms with van der Waals surface area (Å²) in [6, 6.07) is 0. The predicted octanol–water partition coefficient (Wildman–Crippen LogP) is -0.483. The normalized spacial score (nSPS) is 28.8. The van der Waals surface area contributed by atoms with E-state index >= 15 is 0 Å². The summed E-state index contributed by atoms with van der Waals surface area (Å²) in [4.78, 5) is 11.1. The van der Waals surface area contributed by atoms with Gasteiger partial charge in [-0.2, -0.15) is 0 Å². The van der Waals surface area contributed by atoms with Crippen molar-refractivity contribution >= 4 is 23.0 Å². The third-order valence-corrected chi connectivity index (χ3v) is 2.69. The number of aliphatic hydroxyl groups excluding tert-OH is 2. The molecule has 90 valence electrons. The quantitative estimate of drug-likeness (QED) is 0.458. The van der Waals surface area contributed by atoms with Crippen molar-refractivity contribution < 1.29 is 19.7 Å². The topological polar surface area (TPSA) is 78.8 Å². The summed E-state index contributed by atoms with van der Waals surface area (Å²) in [5.41, 5.74) is 0.160. The number of nitrogens with one attached hydrogen (secondary N) is 1. The Labute approximate surface area is 99.1 Å². The van der Waals surface area contributed by atoms with E-state index in [1.807, 2.05) is 0 Å². The number of ketones is 1. The summed E-state index contributed by atoms with van der Waals surface area (Å²) in [6.07, 6.45) is -1.54. The van der Waals surface area contributed by atoms with Crippen molar-refractivity contribution in [3.05, 3.63) is 12.3 Å². The van der Waals surface area contributed by atoms with Gasteiger partial charge in [-0.15, -0.1) is 0 Å². The Hall–Kier alpha value is -0.820. The van der Waals surface area contributed by atoms with Crippen molar-refractivity contribution in [2.24, 2.45) is 0 Å². The Kier molecular flexibility index (Phi) is 4.55. The maximum atomic E-state index is 10.9. The third kappa shape index (κ3) is 3.08. The van der Waals surface area contributed by atoms with Gasteiger partial charge in [0.15, 0.2) is 5.78 Å². The molecule has 1 aliphatic rings. The van der Waals surface area contributed by atoms with Crippen molar-refractivity contribution in [1.29, 1.82) is 0 Å². The lowest BCUT2D eigenvalue weighted by Crippen LogP contribution is -2.39. The van der Waals surface area contributed by atoms with E-state index in [9.17, 15) is 9.90 Å². The fourth-order valence-electron chi connectivity index (χ4n) is 1.41. The van der Waals surface area contributed by atoms with Crippen molar-refractivity contribution in [2.75, 3.05) is 6.61 Å². The van der Waals surface area contributed by atoms with E-state index in [0.29, 0.717) is 6.42 Å². The smallest absolute Gasteiger partial charge is 0.175 e. The number of allylic oxidation sites excluding steroid dienone is 1. The molecule has 1 heterocycles. The fraction of sp³-hybridized carbons (Fsp3) is 0.600. The van der Waals surface area contributed by atoms with Gasteiger partial charge in [0.2, 0.25) is 0 Å². The minimum Gasteiger partial charge on any atom is -0.394 e. The van der Waals surface area contributed by atoms with Gasteiger partial charge in [0.05, 0.1) is 24.5 Å². The number of hydrogen-bond donors (Lipinski definition) is 3. The largest absolute Gasteiger partial charge is 0.394 e. The number of thiocarbonyl (C=S) groups is 1. The van der Waals surface area contributed by atoms with Gasteiger partial charge in [0.1, 0.15) is 11.1 Å². The summed E-state index contributed by atoms with van der Waals surface area (Å²) in [5.74, 6) is -0.228. The first kappa shape index (κ1) is 13.2. The van der Waals surface area contributed by atoms with E-state index in [4.69, 9.17) is 22.1 Å². The van der Waals surface area contributed by atoms with Crippen LogP contribution in [0.15, 0.2) is 12.3 Å². The van der Waals surface area contributed by atoms with E-state index < -0.39 is 18.3 Å². The van der Waals surface area contributed by atoms with Gasteiger partial charge >= 0.3 is 0 Å². The zero-order valence-corrected chi connectivity index (χ0v) is 9.79. The van der Waals surface area contributed by atoms with Crippen LogP contribution in [0.1, 0.15) is 13.3 Å². The summed E-state index contributed by atoms with van der Waals surface area (Å²) in [7, 11) is 0. The average molecular weight is 245 g/mol. The van der Waals surface area contributed by atoms with E-state index in [1.54, 1.807) is 0 Å². The molecule has 1 fully saturated rings. The molecule has 0 saturated carbocycles. The fourth-order valence-corrected chi connectivity index (χ4v) is 1.74. The number of aliphatic hydroxyl groups is 2. The van der Waals surface area contributed by atoms with Crippen LogP contribution in [0.2, 0.25) is 0 Å². The summed E-state index contributed by atoms with van der Waals surface area (Å²) < 4.78 is 5.31. The zero-order chi connectivity index (χ0) is 12.3. The summed E-state index contributed by atoms with van der Waals surface area (Å²) in [5, 5.41) is 21.1. The van der Waals surface area contributed by atoms with Crippen molar-refractivity contribution in [2.45, 2.75) is 31.7 Å². The molecule has 6 heteroatoms. The van der Waals surface area contributed by atoms with Gasteiger partial charge < -0.3 is 20.3 Å². The molecule has 1 unspecified atom stereocenters. The maximum absolute atomic E-state index is 10.9. The molecule has 0 spiro atoms. The molecule has 3 atom stereocenters. The van der Waals surface area contributed by atoms with Gasteiger partial charge in [-0.3, -0.25) is 4.79 Å². The lowest BCUT2D eigenvalue weighted by atomic mass is 10.1. The van der Waals surface area contributed by atoms with Crippen LogP contribution in [0.5, 0.6) is 0 Å². The molecular formula is C10H15NO4S. The van der Waals surface area contributed by atoms with Crippen molar-refractivity contribution in [3.63, 3.8) is 0 Å². The Bertz CT molecular complexity index is 318. The van der Waals surface area contributed by atoms with Gasteiger partial charge in [-0.25, -0.2) is 0 Å². The van der Waals surface area contributed by atoms with Gasteiger partial charge in [0, 0.05) is 13.3 Å². The average Bonchev–Trinajstić information content (AvgIpc) is 2.59. The van der Waals surface area contributed by atoms with E-state index in [-0.39, 0.29) is 23.1 Å². The molecule has 5 nitrogen and oxygen atoms in total. The molecule has 0 bridgehead atoms. The minimum atomic E-state index is -0.767. The predicted molar refractivity (Wildman–Crippen MR) is 61.9 cm³/mol. The Morgan fingerprint density at radius 2 is 2.31 bits per heavy atom. The highest BCUT2D eigenvalue weighted by Gasteiger charge is 2.36. The monoisotopic (exact) mass is 245 g/mol. The van der Waals surface area contributed by atoms with Crippen LogP contribution in [0.3, 0.4) is 0 Å². The van der Waals surface area contributed by atoms with E-state index in [2.05, 4.69) is 11.9 Å². The SMILES string of the molecule is C=C(NC(=S)C1O[C@H](CO)C[C@@H]1O)C(C)=O. The molecule has 0 aliphatic carbocycles. The van der Waals surface area contributed by atoms with Crippen LogP contribution in [0.4, 0.5) is 0 Å². The molecule has 0 aromatic carbocycles. The second kappa shape index (κ2) is 5.49. The molecule has 1 rings (SSSR count). The number of carbonyl (C=O) groups excluding carboxylic acids is 1. The first-order valence-electron chi connectivity index (χ1n) is 4.90. The van der Waals surface area contributed by atoms with E-state index in [1.165, 1.54) is 6.92 Å². The van der Waals surface area contributed by atoms with Crippen molar-refractivity contribution in [1.82, 2.24) is 5.32 Å². The molecule has 1 aliphatic heterocycles. The zero-order valence-electron chi connectivity index (χ0n) is 8.97. The van der Waals surface area contributed by atoms with E-state index in [0.717, 1.165) is 0 Å². The van der Waals surface area contributed by atoms with Crippen LogP contribution >= 0.6 is 12.2 Å². The second-order valence-corrected chi connectivity index (χ2v) is 4.13. The summed E-state index contributed by atoms with van der Waals surface area (Å²) in [6.45, 7) is 4.69. The number of Topliss-reactive ketones (excluding diaryl/α,β-unsaturated/α-hetero) is 1. The molecule has 0 amide bonds. The van der Waals surface area contributed by atoms with Crippen LogP contribution in [-0.4, -0.2) is 45.9 Å².